The monoisotopic (exact) mass is 459 g/mol. The fraction of sp³-hybridized carbons (Fsp3) is 0.310. The van der Waals surface area contributed by atoms with Gasteiger partial charge >= 0.3 is 0 Å². The fourth-order valence-corrected chi connectivity index (χ4v) is 4.06. The van der Waals surface area contributed by atoms with Crippen LogP contribution in [0, 0.1) is 0 Å². The van der Waals surface area contributed by atoms with E-state index in [1.165, 1.54) is 6.07 Å². The summed E-state index contributed by atoms with van der Waals surface area (Å²) in [5.74, 6) is -0.000464. The first-order valence-corrected chi connectivity index (χ1v) is 11.5. The standard InChI is InChI=1S/C29H33NO4/c1-17(2)20-9-13-23(28(32)25(15-20)30-5)27(19-7-11-22(34-6)12-8-19)24-14-10-21(18(3)4)16-26(31)29(24)33/h7-18,27H,1-6H3,(H,30,32)(H,31,33). The SMILES string of the molecule is CNc1cc(C(C)C)ccc(C(c2ccc(OC)cc2)c2ccc(C(C)C)cc(=O)c2O)c1=O. The Labute approximate surface area is 201 Å². The Bertz CT molecular complexity index is 1280. The van der Waals surface area contributed by atoms with Crippen LogP contribution < -0.4 is 20.9 Å². The molecule has 0 aliphatic rings. The summed E-state index contributed by atoms with van der Waals surface area (Å²) in [5, 5.41) is 14.1. The third kappa shape index (κ3) is 5.14. The number of nitrogens with one attached hydrogen (secondary N) is 1. The third-order valence-electron chi connectivity index (χ3n) is 6.21. The smallest absolute Gasteiger partial charge is 0.220 e. The van der Waals surface area contributed by atoms with Crippen LogP contribution in [0.5, 0.6) is 11.5 Å². The van der Waals surface area contributed by atoms with Crippen molar-refractivity contribution in [1.82, 2.24) is 0 Å². The molecule has 5 nitrogen and oxygen atoms in total. The molecular formula is C29H33NO4. The molecule has 178 valence electrons. The summed E-state index contributed by atoms with van der Waals surface area (Å²) in [6.07, 6.45) is 0. The maximum Gasteiger partial charge on any atom is 0.220 e. The van der Waals surface area contributed by atoms with E-state index in [1.54, 1.807) is 20.2 Å². The summed E-state index contributed by atoms with van der Waals surface area (Å²) >= 11 is 0. The molecule has 0 spiro atoms. The van der Waals surface area contributed by atoms with Gasteiger partial charge in [0.25, 0.3) is 0 Å². The van der Waals surface area contributed by atoms with E-state index in [2.05, 4.69) is 19.2 Å². The number of rotatable bonds is 7. The maximum atomic E-state index is 13.7. The largest absolute Gasteiger partial charge is 0.504 e. The van der Waals surface area contributed by atoms with Gasteiger partial charge in [0.05, 0.1) is 12.8 Å². The summed E-state index contributed by atoms with van der Waals surface area (Å²) < 4.78 is 5.31. The van der Waals surface area contributed by atoms with Crippen LogP contribution >= 0.6 is 0 Å². The summed E-state index contributed by atoms with van der Waals surface area (Å²) in [4.78, 5) is 26.6. The molecule has 34 heavy (non-hydrogen) atoms. The van der Waals surface area contributed by atoms with Gasteiger partial charge in [0, 0.05) is 24.1 Å². The number of anilines is 1. The van der Waals surface area contributed by atoms with Gasteiger partial charge in [-0.05, 0) is 52.8 Å². The van der Waals surface area contributed by atoms with E-state index < -0.39 is 11.3 Å². The second-order valence-corrected chi connectivity index (χ2v) is 9.09. The summed E-state index contributed by atoms with van der Waals surface area (Å²) in [6.45, 7) is 8.12. The number of aromatic hydroxyl groups is 1. The molecule has 0 saturated heterocycles. The van der Waals surface area contributed by atoms with E-state index in [-0.39, 0.29) is 23.0 Å². The zero-order valence-corrected chi connectivity index (χ0v) is 20.7. The van der Waals surface area contributed by atoms with Gasteiger partial charge in [-0.1, -0.05) is 64.1 Å². The molecule has 5 heteroatoms. The minimum Gasteiger partial charge on any atom is -0.504 e. The lowest BCUT2D eigenvalue weighted by Crippen LogP contribution is -2.17. The number of hydrogen-bond acceptors (Lipinski definition) is 5. The van der Waals surface area contributed by atoms with Crippen LogP contribution in [0.15, 0.2) is 70.3 Å². The molecule has 3 aromatic rings. The molecule has 3 rings (SSSR count). The lowest BCUT2D eigenvalue weighted by Gasteiger charge is -2.18. The van der Waals surface area contributed by atoms with Gasteiger partial charge in [-0.25, -0.2) is 0 Å². The highest BCUT2D eigenvalue weighted by atomic mass is 16.5. The molecule has 0 fully saturated rings. The van der Waals surface area contributed by atoms with Crippen LogP contribution in [0.2, 0.25) is 0 Å². The summed E-state index contributed by atoms with van der Waals surface area (Å²) in [5.41, 5.74) is 3.27. The van der Waals surface area contributed by atoms with Crippen molar-refractivity contribution in [2.24, 2.45) is 0 Å². The third-order valence-corrected chi connectivity index (χ3v) is 6.21. The molecule has 0 aromatic heterocycles. The van der Waals surface area contributed by atoms with Gasteiger partial charge in [0.2, 0.25) is 10.9 Å². The van der Waals surface area contributed by atoms with E-state index in [0.29, 0.717) is 22.6 Å². The van der Waals surface area contributed by atoms with E-state index in [4.69, 9.17) is 4.74 Å². The molecular weight excluding hydrogens is 426 g/mol. The van der Waals surface area contributed by atoms with Crippen LogP contribution in [-0.4, -0.2) is 19.3 Å². The second kappa shape index (κ2) is 10.6. The molecule has 1 unspecified atom stereocenters. The predicted octanol–water partition coefficient (Wildman–Crippen LogP) is 5.59. The normalized spacial score (nSPS) is 12.0. The molecule has 1 atom stereocenters. The molecule has 0 aliphatic carbocycles. The van der Waals surface area contributed by atoms with Crippen molar-refractivity contribution in [2.45, 2.75) is 45.4 Å². The van der Waals surface area contributed by atoms with Crippen LogP contribution in [0.1, 0.15) is 73.3 Å². The number of ether oxygens (including phenoxy) is 1. The Morgan fingerprint density at radius 1 is 0.765 bits per heavy atom. The van der Waals surface area contributed by atoms with Crippen molar-refractivity contribution >= 4 is 5.69 Å². The van der Waals surface area contributed by atoms with Crippen LogP contribution in [0.25, 0.3) is 0 Å². The maximum absolute atomic E-state index is 13.7. The van der Waals surface area contributed by atoms with Crippen molar-refractivity contribution < 1.29 is 9.84 Å². The Morgan fingerprint density at radius 2 is 1.29 bits per heavy atom. The Morgan fingerprint density at radius 3 is 1.82 bits per heavy atom. The highest BCUT2D eigenvalue weighted by molar-refractivity contribution is 5.54. The Hall–Kier alpha value is -3.60. The zero-order valence-electron chi connectivity index (χ0n) is 20.7. The first-order valence-electron chi connectivity index (χ1n) is 11.5. The number of hydrogen-bond donors (Lipinski definition) is 2. The van der Waals surface area contributed by atoms with Crippen molar-refractivity contribution in [2.75, 3.05) is 19.5 Å². The van der Waals surface area contributed by atoms with Crippen molar-refractivity contribution in [3.63, 3.8) is 0 Å². The molecule has 0 bridgehead atoms. The van der Waals surface area contributed by atoms with Gasteiger partial charge in [-0.3, -0.25) is 9.59 Å². The lowest BCUT2D eigenvalue weighted by atomic mass is 9.85. The van der Waals surface area contributed by atoms with Crippen LogP contribution in [-0.2, 0) is 0 Å². The van der Waals surface area contributed by atoms with Gasteiger partial charge < -0.3 is 15.2 Å². The number of methoxy groups -OCH3 is 1. The average Bonchev–Trinajstić information content (AvgIpc) is 3.07. The molecule has 2 N–H and O–H groups in total. The van der Waals surface area contributed by atoms with Crippen molar-refractivity contribution in [1.29, 1.82) is 0 Å². The average molecular weight is 460 g/mol. The predicted molar refractivity (Wildman–Crippen MR) is 139 cm³/mol. The van der Waals surface area contributed by atoms with Crippen LogP contribution in [0.3, 0.4) is 0 Å². The molecule has 0 aliphatic heterocycles. The van der Waals surface area contributed by atoms with E-state index in [9.17, 15) is 14.7 Å². The molecule has 0 saturated carbocycles. The summed E-state index contributed by atoms with van der Waals surface area (Å²) in [6, 6.07) is 18.0. The van der Waals surface area contributed by atoms with Crippen molar-refractivity contribution in [3.8, 4) is 11.5 Å². The van der Waals surface area contributed by atoms with E-state index >= 15 is 0 Å². The zero-order chi connectivity index (χ0) is 25.0. The Kier molecular flexibility index (Phi) is 7.77. The van der Waals surface area contributed by atoms with E-state index in [0.717, 1.165) is 16.7 Å². The van der Waals surface area contributed by atoms with Gasteiger partial charge in [0.15, 0.2) is 5.75 Å². The van der Waals surface area contributed by atoms with Gasteiger partial charge in [-0.15, -0.1) is 0 Å². The van der Waals surface area contributed by atoms with Gasteiger partial charge in [0.1, 0.15) is 5.75 Å². The highest BCUT2D eigenvalue weighted by Gasteiger charge is 2.24. The Balaban J connectivity index is 2.41. The fourth-order valence-electron chi connectivity index (χ4n) is 4.06. The van der Waals surface area contributed by atoms with E-state index in [1.807, 2.05) is 62.4 Å². The molecule has 0 amide bonds. The topological polar surface area (TPSA) is 75.6 Å². The lowest BCUT2D eigenvalue weighted by molar-refractivity contribution is 0.414. The summed E-state index contributed by atoms with van der Waals surface area (Å²) in [7, 11) is 3.31. The minimum absolute atomic E-state index is 0.112. The van der Waals surface area contributed by atoms with Crippen LogP contribution in [0.4, 0.5) is 5.69 Å². The molecule has 0 heterocycles. The number of benzene rings is 1. The quantitative estimate of drug-likeness (QED) is 0.482. The molecule has 3 aromatic carbocycles. The second-order valence-electron chi connectivity index (χ2n) is 9.09. The first-order chi connectivity index (χ1) is 16.2. The minimum atomic E-state index is -0.655. The molecule has 0 radical (unpaired) electrons. The highest BCUT2D eigenvalue weighted by Crippen LogP contribution is 2.35. The van der Waals surface area contributed by atoms with Gasteiger partial charge in [-0.2, -0.15) is 0 Å². The first kappa shape index (κ1) is 25.0. The van der Waals surface area contributed by atoms with Crippen molar-refractivity contribution in [3.05, 3.63) is 109 Å².